The first-order valence-corrected chi connectivity index (χ1v) is 6.58. The number of hydrogen-bond acceptors (Lipinski definition) is 3. The highest BCUT2D eigenvalue weighted by molar-refractivity contribution is 5.83. The van der Waals surface area contributed by atoms with Gasteiger partial charge in [-0.25, -0.2) is 4.79 Å². The first-order valence-electron chi connectivity index (χ1n) is 6.58. The fourth-order valence-corrected chi connectivity index (χ4v) is 2.57. The number of primary amides is 1. The predicted octanol–water partition coefficient (Wildman–Crippen LogP) is -0.0774. The minimum atomic E-state index is -0.888. The number of nitrogens with zero attached hydrogens (tertiary/aromatic N) is 1. The van der Waals surface area contributed by atoms with Crippen molar-refractivity contribution in [3.05, 3.63) is 12.2 Å². The van der Waals surface area contributed by atoms with Gasteiger partial charge in [0, 0.05) is 13.1 Å². The lowest BCUT2D eigenvalue weighted by Gasteiger charge is -2.23. The van der Waals surface area contributed by atoms with Crippen LogP contribution in [0.4, 0.5) is 4.79 Å². The molecule has 7 heteroatoms. The smallest absolute Gasteiger partial charge is 0.317 e. The van der Waals surface area contributed by atoms with Gasteiger partial charge in [-0.1, -0.05) is 12.2 Å². The Morgan fingerprint density at radius 3 is 2.60 bits per heavy atom. The van der Waals surface area contributed by atoms with Crippen molar-refractivity contribution in [1.82, 2.24) is 10.2 Å². The normalized spacial score (nSPS) is 32.4. The zero-order chi connectivity index (χ0) is 14.9. The van der Waals surface area contributed by atoms with Crippen LogP contribution in [0.15, 0.2) is 12.2 Å². The summed E-state index contributed by atoms with van der Waals surface area (Å²) in [5.41, 5.74) is 4.66. The number of nitrogens with two attached hydrogens (primary N) is 1. The molecule has 2 aliphatic rings. The van der Waals surface area contributed by atoms with Gasteiger partial charge in [-0.2, -0.15) is 0 Å². The molecule has 0 radical (unpaired) electrons. The largest absolute Gasteiger partial charge is 0.481 e. The van der Waals surface area contributed by atoms with Crippen molar-refractivity contribution in [1.29, 1.82) is 0 Å². The van der Waals surface area contributed by atoms with Crippen LogP contribution < -0.4 is 11.1 Å². The monoisotopic (exact) mass is 281 g/mol. The van der Waals surface area contributed by atoms with Crippen LogP contribution >= 0.6 is 0 Å². The van der Waals surface area contributed by atoms with E-state index in [0.717, 1.165) is 0 Å². The molecule has 4 N–H and O–H groups in total. The topological polar surface area (TPSA) is 113 Å². The van der Waals surface area contributed by atoms with Crippen LogP contribution in [0, 0.1) is 11.3 Å². The van der Waals surface area contributed by atoms with E-state index < -0.39 is 23.2 Å². The lowest BCUT2D eigenvalue weighted by atomic mass is 9.89. The van der Waals surface area contributed by atoms with Gasteiger partial charge in [-0.15, -0.1) is 0 Å². The maximum atomic E-state index is 12.1. The third kappa shape index (κ3) is 2.76. The molecular weight excluding hydrogens is 262 g/mol. The molecule has 20 heavy (non-hydrogen) atoms. The Morgan fingerprint density at radius 1 is 1.40 bits per heavy atom. The van der Waals surface area contributed by atoms with Crippen LogP contribution in [-0.4, -0.2) is 47.0 Å². The van der Waals surface area contributed by atoms with E-state index in [2.05, 4.69) is 5.32 Å². The summed E-state index contributed by atoms with van der Waals surface area (Å²) >= 11 is 0. The lowest BCUT2D eigenvalue weighted by Crippen LogP contribution is -2.45. The lowest BCUT2D eigenvalue weighted by molar-refractivity contribution is -0.140. The maximum absolute atomic E-state index is 12.1. The molecule has 1 aliphatic heterocycles. The number of rotatable bonds is 3. The van der Waals surface area contributed by atoms with Crippen LogP contribution in [0.1, 0.15) is 19.8 Å². The first kappa shape index (κ1) is 14.4. The average molecular weight is 281 g/mol. The van der Waals surface area contributed by atoms with Gasteiger partial charge >= 0.3 is 12.0 Å². The standard InChI is InChI=1S/C13H19N3O4/c1-13(11(14)19)4-5-16(7-13)12(20)15-9-3-2-8(6-9)10(17)18/h2-3,8-9H,4-7H2,1H3,(H2,14,19)(H,15,20)(H,17,18). The van der Waals surface area contributed by atoms with Gasteiger partial charge in [-0.05, 0) is 19.8 Å². The van der Waals surface area contributed by atoms with Gasteiger partial charge in [0.25, 0.3) is 0 Å². The molecule has 2 rings (SSSR count). The molecule has 0 aromatic rings. The number of nitrogens with one attached hydrogen (secondary N) is 1. The zero-order valence-corrected chi connectivity index (χ0v) is 11.3. The molecule has 110 valence electrons. The second-order valence-corrected chi connectivity index (χ2v) is 5.72. The zero-order valence-electron chi connectivity index (χ0n) is 11.3. The Hall–Kier alpha value is -2.05. The Balaban J connectivity index is 1.87. The fraction of sp³-hybridized carbons (Fsp3) is 0.615. The number of aliphatic carboxylic acids is 1. The van der Waals surface area contributed by atoms with E-state index in [1.54, 1.807) is 24.0 Å². The molecule has 3 unspecified atom stereocenters. The number of carbonyl (C=O) groups excluding carboxylic acids is 2. The summed E-state index contributed by atoms with van der Waals surface area (Å²) in [6.07, 6.45) is 4.20. The molecule has 0 spiro atoms. The molecule has 3 amide bonds. The second-order valence-electron chi connectivity index (χ2n) is 5.72. The minimum absolute atomic E-state index is 0.274. The van der Waals surface area contributed by atoms with E-state index in [4.69, 9.17) is 10.8 Å². The van der Waals surface area contributed by atoms with Crippen molar-refractivity contribution in [3.63, 3.8) is 0 Å². The summed E-state index contributed by atoms with van der Waals surface area (Å²) in [7, 11) is 0. The number of likely N-dealkylation sites (tertiary alicyclic amines) is 1. The van der Waals surface area contributed by atoms with Crippen molar-refractivity contribution >= 4 is 17.9 Å². The van der Waals surface area contributed by atoms with E-state index in [1.165, 1.54) is 0 Å². The molecular formula is C13H19N3O4. The summed E-state index contributed by atoms with van der Waals surface area (Å²) in [5.74, 6) is -1.84. The summed E-state index contributed by atoms with van der Waals surface area (Å²) in [6.45, 7) is 2.52. The molecule has 1 heterocycles. The quantitative estimate of drug-likeness (QED) is 0.628. The van der Waals surface area contributed by atoms with E-state index in [0.29, 0.717) is 25.9 Å². The average Bonchev–Trinajstić information content (AvgIpc) is 2.97. The van der Waals surface area contributed by atoms with Gasteiger partial charge in [0.2, 0.25) is 5.91 Å². The number of amides is 3. The summed E-state index contributed by atoms with van der Waals surface area (Å²) in [6, 6.07) is -0.556. The highest BCUT2D eigenvalue weighted by Crippen LogP contribution is 2.29. The second kappa shape index (κ2) is 5.15. The molecule has 0 aromatic carbocycles. The van der Waals surface area contributed by atoms with E-state index in [1.807, 2.05) is 0 Å². The highest BCUT2D eigenvalue weighted by Gasteiger charge is 2.41. The molecule has 3 atom stereocenters. The Kier molecular flexibility index (Phi) is 3.69. The minimum Gasteiger partial charge on any atom is -0.481 e. The first-order chi connectivity index (χ1) is 9.32. The van der Waals surface area contributed by atoms with Crippen molar-refractivity contribution in [2.75, 3.05) is 13.1 Å². The molecule has 1 aliphatic carbocycles. The van der Waals surface area contributed by atoms with E-state index >= 15 is 0 Å². The SMILES string of the molecule is CC1(C(N)=O)CCN(C(=O)NC2C=CC(C(=O)O)C2)C1. The number of carboxylic acids is 1. The fourth-order valence-electron chi connectivity index (χ4n) is 2.57. The summed E-state index contributed by atoms with van der Waals surface area (Å²) in [4.78, 5) is 35.8. The van der Waals surface area contributed by atoms with Crippen LogP contribution in [0.5, 0.6) is 0 Å². The summed E-state index contributed by atoms with van der Waals surface area (Å²) < 4.78 is 0. The third-order valence-electron chi connectivity index (χ3n) is 4.07. The third-order valence-corrected chi connectivity index (χ3v) is 4.07. The number of hydrogen-bond donors (Lipinski definition) is 3. The van der Waals surface area contributed by atoms with Crippen molar-refractivity contribution in [2.24, 2.45) is 17.1 Å². The number of urea groups is 1. The molecule has 0 bridgehead atoms. The molecule has 7 nitrogen and oxygen atoms in total. The van der Waals surface area contributed by atoms with Crippen molar-refractivity contribution in [2.45, 2.75) is 25.8 Å². The predicted molar refractivity (Wildman–Crippen MR) is 70.7 cm³/mol. The van der Waals surface area contributed by atoms with Gasteiger partial charge in [0.15, 0.2) is 0 Å². The van der Waals surface area contributed by atoms with Gasteiger partial charge in [0.05, 0.1) is 17.4 Å². The van der Waals surface area contributed by atoms with Gasteiger partial charge < -0.3 is 21.1 Å². The number of carboxylic acid groups (broad SMARTS) is 1. The van der Waals surface area contributed by atoms with Gasteiger partial charge in [-0.3, -0.25) is 9.59 Å². The molecule has 1 saturated heterocycles. The molecule has 0 aromatic heterocycles. The Labute approximate surface area is 116 Å². The van der Waals surface area contributed by atoms with E-state index in [-0.39, 0.29) is 12.1 Å². The maximum Gasteiger partial charge on any atom is 0.317 e. The highest BCUT2D eigenvalue weighted by atomic mass is 16.4. The number of carbonyl (C=O) groups is 3. The Bertz CT molecular complexity index is 476. The van der Waals surface area contributed by atoms with Crippen LogP contribution in [-0.2, 0) is 9.59 Å². The van der Waals surface area contributed by atoms with Crippen LogP contribution in [0.2, 0.25) is 0 Å². The van der Waals surface area contributed by atoms with Crippen LogP contribution in [0.3, 0.4) is 0 Å². The van der Waals surface area contributed by atoms with E-state index in [9.17, 15) is 14.4 Å². The van der Waals surface area contributed by atoms with Crippen LogP contribution in [0.25, 0.3) is 0 Å². The van der Waals surface area contributed by atoms with Crippen molar-refractivity contribution < 1.29 is 19.5 Å². The summed E-state index contributed by atoms with van der Waals surface area (Å²) in [5, 5.41) is 11.6. The van der Waals surface area contributed by atoms with Crippen molar-refractivity contribution in [3.8, 4) is 0 Å². The molecule has 1 fully saturated rings. The van der Waals surface area contributed by atoms with Gasteiger partial charge in [0.1, 0.15) is 0 Å². The Morgan fingerprint density at radius 2 is 2.10 bits per heavy atom. The molecule has 0 saturated carbocycles.